The lowest BCUT2D eigenvalue weighted by atomic mass is 10.1. The Balaban J connectivity index is 2.46. The fourth-order valence-electron chi connectivity index (χ4n) is 1.24. The minimum absolute atomic E-state index is 0.631. The monoisotopic (exact) mass is 220 g/mol. The molecule has 15 heavy (non-hydrogen) atoms. The predicted molar refractivity (Wildman–Crippen MR) is 57.6 cm³/mol. The number of thiophene rings is 1. The van der Waals surface area contributed by atoms with Gasteiger partial charge >= 0.3 is 0 Å². The molecule has 0 radical (unpaired) electrons. The van der Waals surface area contributed by atoms with E-state index in [4.69, 9.17) is 6.42 Å². The molecular formula is C12H6F2S. The molecule has 0 saturated heterocycles. The second-order valence-electron chi connectivity index (χ2n) is 2.97. The number of benzene rings is 1. The Morgan fingerprint density at radius 1 is 1.07 bits per heavy atom. The third-order valence-corrected chi connectivity index (χ3v) is 2.86. The van der Waals surface area contributed by atoms with Crippen molar-refractivity contribution >= 4 is 11.3 Å². The van der Waals surface area contributed by atoms with E-state index >= 15 is 0 Å². The van der Waals surface area contributed by atoms with Crippen LogP contribution in [0.3, 0.4) is 0 Å². The summed E-state index contributed by atoms with van der Waals surface area (Å²) in [6.45, 7) is 0. The Hall–Kier alpha value is -1.66. The van der Waals surface area contributed by atoms with E-state index in [0.29, 0.717) is 5.56 Å². The molecule has 0 unspecified atom stereocenters. The molecule has 0 spiro atoms. The number of rotatable bonds is 1. The Morgan fingerprint density at radius 3 is 2.47 bits per heavy atom. The summed E-state index contributed by atoms with van der Waals surface area (Å²) >= 11 is 1.40. The second-order valence-corrected chi connectivity index (χ2v) is 3.88. The summed E-state index contributed by atoms with van der Waals surface area (Å²) in [6.07, 6.45) is 5.22. The Morgan fingerprint density at radius 2 is 1.87 bits per heavy atom. The molecular weight excluding hydrogens is 214 g/mol. The molecule has 2 rings (SSSR count). The van der Waals surface area contributed by atoms with Crippen LogP contribution in [0.1, 0.15) is 4.88 Å². The van der Waals surface area contributed by atoms with Crippen molar-refractivity contribution in [2.24, 2.45) is 0 Å². The zero-order chi connectivity index (χ0) is 10.8. The molecule has 0 bridgehead atoms. The third-order valence-electron chi connectivity index (χ3n) is 1.99. The smallest absolute Gasteiger partial charge is 0.159 e. The average Bonchev–Trinajstić information content (AvgIpc) is 2.70. The van der Waals surface area contributed by atoms with Crippen LogP contribution in [0.2, 0.25) is 0 Å². The Bertz CT molecular complexity index is 535. The van der Waals surface area contributed by atoms with Gasteiger partial charge in [-0.1, -0.05) is 12.0 Å². The largest absolute Gasteiger partial charge is 0.204 e. The first-order valence-electron chi connectivity index (χ1n) is 4.21. The van der Waals surface area contributed by atoms with Crippen molar-refractivity contribution in [3.05, 3.63) is 46.2 Å². The lowest BCUT2D eigenvalue weighted by Crippen LogP contribution is -1.83. The first-order chi connectivity index (χ1) is 7.20. The van der Waals surface area contributed by atoms with Crippen molar-refractivity contribution in [3.63, 3.8) is 0 Å². The number of hydrogen-bond acceptors (Lipinski definition) is 1. The third kappa shape index (κ3) is 1.90. The molecule has 0 amide bonds. The van der Waals surface area contributed by atoms with Crippen LogP contribution in [-0.2, 0) is 0 Å². The van der Waals surface area contributed by atoms with Gasteiger partial charge in [0.05, 0.1) is 4.88 Å². The van der Waals surface area contributed by atoms with Gasteiger partial charge in [0, 0.05) is 0 Å². The van der Waals surface area contributed by atoms with E-state index in [1.165, 1.54) is 17.4 Å². The second kappa shape index (κ2) is 3.84. The minimum atomic E-state index is -0.846. The summed E-state index contributed by atoms with van der Waals surface area (Å²) in [5.41, 5.74) is 1.44. The van der Waals surface area contributed by atoms with Crippen molar-refractivity contribution in [1.29, 1.82) is 0 Å². The van der Waals surface area contributed by atoms with Crippen LogP contribution >= 0.6 is 11.3 Å². The molecule has 3 heteroatoms. The number of terminal acetylenes is 1. The van der Waals surface area contributed by atoms with E-state index in [2.05, 4.69) is 5.92 Å². The van der Waals surface area contributed by atoms with Crippen molar-refractivity contribution in [2.45, 2.75) is 0 Å². The minimum Gasteiger partial charge on any atom is -0.204 e. The maximum absolute atomic E-state index is 12.9. The number of hydrogen-bond donors (Lipinski definition) is 0. The van der Waals surface area contributed by atoms with Crippen molar-refractivity contribution in [2.75, 3.05) is 0 Å². The number of halogens is 2. The molecule has 0 atom stereocenters. The maximum atomic E-state index is 12.9. The average molecular weight is 220 g/mol. The molecule has 0 fully saturated rings. The zero-order valence-electron chi connectivity index (χ0n) is 7.63. The van der Waals surface area contributed by atoms with E-state index in [0.717, 1.165) is 22.6 Å². The van der Waals surface area contributed by atoms with E-state index in [1.807, 2.05) is 5.38 Å². The van der Waals surface area contributed by atoms with Crippen LogP contribution in [0, 0.1) is 24.0 Å². The molecule has 0 aliphatic heterocycles. The van der Waals surface area contributed by atoms with Crippen LogP contribution < -0.4 is 0 Å². The highest BCUT2D eigenvalue weighted by Gasteiger charge is 2.05. The van der Waals surface area contributed by atoms with Gasteiger partial charge in [-0.3, -0.25) is 0 Å². The summed E-state index contributed by atoms with van der Waals surface area (Å²) in [5, 5.41) is 1.82. The van der Waals surface area contributed by atoms with Gasteiger partial charge in [-0.05, 0) is 34.7 Å². The van der Waals surface area contributed by atoms with Gasteiger partial charge in [-0.2, -0.15) is 0 Å². The summed E-state index contributed by atoms with van der Waals surface area (Å²) in [6, 6.07) is 5.58. The van der Waals surface area contributed by atoms with E-state index in [1.54, 1.807) is 6.07 Å². The van der Waals surface area contributed by atoms with Gasteiger partial charge in [0.25, 0.3) is 0 Å². The summed E-state index contributed by atoms with van der Waals surface area (Å²) in [7, 11) is 0. The highest BCUT2D eigenvalue weighted by molar-refractivity contribution is 7.11. The van der Waals surface area contributed by atoms with E-state index in [-0.39, 0.29) is 0 Å². The molecule has 1 aromatic carbocycles. The molecule has 1 aromatic heterocycles. The molecule has 0 saturated carbocycles. The maximum Gasteiger partial charge on any atom is 0.159 e. The van der Waals surface area contributed by atoms with Crippen LogP contribution in [-0.4, -0.2) is 0 Å². The van der Waals surface area contributed by atoms with E-state index < -0.39 is 11.6 Å². The molecule has 0 aliphatic carbocycles. The standard InChI is InChI=1S/C12H6F2S/c1-2-10-5-9(7-15-10)8-3-4-11(13)12(14)6-8/h1,3-7H. The van der Waals surface area contributed by atoms with Gasteiger partial charge < -0.3 is 0 Å². The van der Waals surface area contributed by atoms with Crippen molar-refractivity contribution < 1.29 is 8.78 Å². The highest BCUT2D eigenvalue weighted by atomic mass is 32.1. The lowest BCUT2D eigenvalue weighted by molar-refractivity contribution is 0.509. The topological polar surface area (TPSA) is 0 Å². The van der Waals surface area contributed by atoms with Crippen LogP contribution in [0.25, 0.3) is 11.1 Å². The SMILES string of the molecule is C#Cc1cc(-c2ccc(F)c(F)c2)cs1. The first kappa shape index (κ1) is 9.88. The van der Waals surface area contributed by atoms with Gasteiger partial charge in [-0.25, -0.2) is 8.78 Å². The van der Waals surface area contributed by atoms with Crippen LogP contribution in [0.4, 0.5) is 8.78 Å². The van der Waals surface area contributed by atoms with Gasteiger partial charge in [0.15, 0.2) is 11.6 Å². The molecule has 2 aromatic rings. The van der Waals surface area contributed by atoms with Crippen molar-refractivity contribution in [1.82, 2.24) is 0 Å². The predicted octanol–water partition coefficient (Wildman–Crippen LogP) is 3.67. The van der Waals surface area contributed by atoms with Gasteiger partial charge in [0.2, 0.25) is 0 Å². The fraction of sp³-hybridized carbons (Fsp3) is 0. The van der Waals surface area contributed by atoms with Gasteiger partial charge in [0.1, 0.15) is 0 Å². The quantitative estimate of drug-likeness (QED) is 0.643. The van der Waals surface area contributed by atoms with Crippen molar-refractivity contribution in [3.8, 4) is 23.5 Å². The highest BCUT2D eigenvalue weighted by Crippen LogP contribution is 2.26. The summed E-state index contributed by atoms with van der Waals surface area (Å²) in [4.78, 5) is 0.773. The summed E-state index contributed by atoms with van der Waals surface area (Å²) < 4.78 is 25.6. The van der Waals surface area contributed by atoms with E-state index in [9.17, 15) is 8.78 Å². The summed E-state index contributed by atoms with van der Waals surface area (Å²) in [5.74, 6) is 0.806. The fourth-order valence-corrected chi connectivity index (χ4v) is 1.96. The lowest BCUT2D eigenvalue weighted by Gasteiger charge is -1.98. The first-order valence-corrected chi connectivity index (χ1v) is 5.09. The zero-order valence-corrected chi connectivity index (χ0v) is 8.44. The molecule has 74 valence electrons. The Labute approximate surface area is 90.2 Å². The molecule has 1 heterocycles. The Kier molecular flexibility index (Phi) is 2.53. The normalized spacial score (nSPS) is 9.93. The van der Waals surface area contributed by atoms with Crippen LogP contribution in [0.5, 0.6) is 0 Å². The molecule has 0 aliphatic rings. The van der Waals surface area contributed by atoms with Gasteiger partial charge in [-0.15, -0.1) is 17.8 Å². The molecule has 0 N–H and O–H groups in total. The van der Waals surface area contributed by atoms with Crippen LogP contribution in [0.15, 0.2) is 29.6 Å². The molecule has 0 nitrogen and oxygen atoms in total.